The zero-order valence-corrected chi connectivity index (χ0v) is 32.6. The molecule has 2 heterocycles. The van der Waals surface area contributed by atoms with Crippen LogP contribution in [-0.2, 0) is 27.1 Å². The van der Waals surface area contributed by atoms with Crippen LogP contribution >= 0.6 is 0 Å². The first-order valence-electron chi connectivity index (χ1n) is 20.4. The van der Waals surface area contributed by atoms with Crippen molar-refractivity contribution in [2.45, 2.75) is 135 Å². The van der Waals surface area contributed by atoms with E-state index in [1.807, 2.05) is 48.5 Å². The normalized spacial score (nSPS) is 12.0. The molecule has 0 saturated heterocycles. The summed E-state index contributed by atoms with van der Waals surface area (Å²) in [5, 5.41) is 3.13. The number of Topliss-reactive ketones (excluding diaryl/α,β-unsaturated/α-hetero) is 1. The SMILES string of the molecule is CCCCCCCCCCCCc1ccccc1C(=O)NCC(CCCCCCCCCn1c(=O)c2c(ncn2C)n(C)c1=O)C(=O)c1ccccc1. The number of rotatable bonds is 26. The fourth-order valence-electron chi connectivity index (χ4n) is 7.38. The molecule has 0 radical (unpaired) electrons. The third-order valence-electron chi connectivity index (χ3n) is 10.6. The maximum absolute atomic E-state index is 13.6. The number of carbonyl (C=O) groups excluding carboxylic acids is 2. The molecule has 0 spiro atoms. The van der Waals surface area contributed by atoms with Gasteiger partial charge in [-0.2, -0.15) is 0 Å². The third kappa shape index (κ3) is 12.7. The minimum atomic E-state index is -0.328. The fourth-order valence-corrected chi connectivity index (χ4v) is 7.38. The standard InChI is InChI=1S/C44H63N5O4/c1-4-5-6-7-8-9-10-12-15-19-26-35-27-23-24-31-38(35)42(51)45-33-37(40(50)36-28-21-18-22-29-36)30-20-16-13-11-14-17-25-32-49-43(52)39-41(46-34-47(39)2)48(3)44(49)53/h18,21-24,27-29,31,34,37H,4-17,19-20,25-26,30,32-33H2,1-3H3,(H,45,51). The van der Waals surface area contributed by atoms with Gasteiger partial charge in [0.2, 0.25) is 0 Å². The summed E-state index contributed by atoms with van der Waals surface area (Å²) in [7, 11) is 3.42. The highest BCUT2D eigenvalue weighted by atomic mass is 16.2. The molecule has 1 unspecified atom stereocenters. The predicted octanol–water partition coefficient (Wildman–Crippen LogP) is 8.95. The number of amides is 1. The second-order valence-electron chi connectivity index (χ2n) is 14.8. The van der Waals surface area contributed by atoms with Crippen LogP contribution in [0.25, 0.3) is 11.2 Å². The minimum absolute atomic E-state index is 0.0789. The van der Waals surface area contributed by atoms with Crippen LogP contribution in [0, 0.1) is 5.92 Å². The van der Waals surface area contributed by atoms with Crippen molar-refractivity contribution in [3.8, 4) is 0 Å². The van der Waals surface area contributed by atoms with Crippen LogP contribution in [0.4, 0.5) is 0 Å². The van der Waals surface area contributed by atoms with Crippen molar-refractivity contribution in [3.05, 3.63) is 98.5 Å². The number of aryl methyl sites for hydroxylation is 3. The van der Waals surface area contributed by atoms with Gasteiger partial charge in [-0.25, -0.2) is 9.78 Å². The Labute approximate surface area is 316 Å². The van der Waals surface area contributed by atoms with Gasteiger partial charge in [0.05, 0.1) is 6.33 Å². The second-order valence-corrected chi connectivity index (χ2v) is 14.8. The summed E-state index contributed by atoms with van der Waals surface area (Å²) < 4.78 is 4.43. The van der Waals surface area contributed by atoms with E-state index in [0.717, 1.165) is 75.3 Å². The number of benzene rings is 2. The van der Waals surface area contributed by atoms with Crippen molar-refractivity contribution in [2.75, 3.05) is 6.54 Å². The Hall–Kier alpha value is -4.27. The number of fused-ring (bicyclic) bond motifs is 1. The molecule has 288 valence electrons. The maximum Gasteiger partial charge on any atom is 0.332 e. The Morgan fingerprint density at radius 2 is 1.30 bits per heavy atom. The highest BCUT2D eigenvalue weighted by Crippen LogP contribution is 2.19. The van der Waals surface area contributed by atoms with Crippen LogP contribution in [0.1, 0.15) is 149 Å². The maximum atomic E-state index is 13.6. The molecule has 2 aromatic carbocycles. The monoisotopic (exact) mass is 725 g/mol. The van der Waals surface area contributed by atoms with E-state index in [0.29, 0.717) is 29.8 Å². The molecule has 4 rings (SSSR count). The summed E-state index contributed by atoms with van der Waals surface area (Å²) in [4.78, 5) is 56.9. The smallest absolute Gasteiger partial charge is 0.332 e. The molecule has 4 aromatic rings. The van der Waals surface area contributed by atoms with E-state index < -0.39 is 0 Å². The molecular weight excluding hydrogens is 663 g/mol. The average Bonchev–Trinajstić information content (AvgIpc) is 3.57. The number of nitrogens with zero attached hydrogens (tertiary/aromatic N) is 4. The second kappa shape index (κ2) is 22.7. The first-order chi connectivity index (χ1) is 25.8. The zero-order chi connectivity index (χ0) is 37.8. The number of hydrogen-bond donors (Lipinski definition) is 1. The Balaban J connectivity index is 1.19. The van der Waals surface area contributed by atoms with Gasteiger partial charge in [-0.3, -0.25) is 23.5 Å². The number of aromatic nitrogens is 4. The van der Waals surface area contributed by atoms with E-state index in [9.17, 15) is 19.2 Å². The Morgan fingerprint density at radius 3 is 1.98 bits per heavy atom. The first-order valence-corrected chi connectivity index (χ1v) is 20.4. The molecule has 2 aromatic heterocycles. The Morgan fingerprint density at radius 1 is 0.717 bits per heavy atom. The number of unbranched alkanes of at least 4 members (excludes halogenated alkanes) is 15. The van der Waals surface area contributed by atoms with Crippen LogP contribution in [0.2, 0.25) is 0 Å². The van der Waals surface area contributed by atoms with E-state index in [4.69, 9.17) is 0 Å². The largest absolute Gasteiger partial charge is 0.351 e. The number of carbonyl (C=O) groups is 2. The summed E-state index contributed by atoms with van der Waals surface area (Å²) in [6, 6.07) is 17.3. The molecule has 0 aliphatic carbocycles. The van der Waals surface area contributed by atoms with Gasteiger partial charge in [0.25, 0.3) is 11.5 Å². The Kier molecular flexibility index (Phi) is 17.8. The van der Waals surface area contributed by atoms with Crippen molar-refractivity contribution < 1.29 is 9.59 Å². The molecule has 1 atom stereocenters. The van der Waals surface area contributed by atoms with Crippen LogP contribution in [0.5, 0.6) is 0 Å². The van der Waals surface area contributed by atoms with E-state index in [1.54, 1.807) is 25.0 Å². The van der Waals surface area contributed by atoms with Crippen molar-refractivity contribution in [3.63, 3.8) is 0 Å². The number of nitrogens with one attached hydrogen (secondary N) is 1. The van der Waals surface area contributed by atoms with Crippen LogP contribution in [-0.4, -0.2) is 36.9 Å². The molecular formula is C44H63N5O4. The third-order valence-corrected chi connectivity index (χ3v) is 10.6. The zero-order valence-electron chi connectivity index (χ0n) is 32.6. The van der Waals surface area contributed by atoms with E-state index >= 15 is 0 Å². The molecule has 53 heavy (non-hydrogen) atoms. The van der Waals surface area contributed by atoms with Crippen LogP contribution in [0.15, 0.2) is 70.5 Å². The Bertz CT molecular complexity index is 1820. The van der Waals surface area contributed by atoms with Gasteiger partial charge < -0.3 is 9.88 Å². The number of ketones is 1. The van der Waals surface area contributed by atoms with Crippen LogP contribution in [0.3, 0.4) is 0 Å². The van der Waals surface area contributed by atoms with Gasteiger partial charge in [0.15, 0.2) is 16.9 Å². The summed E-state index contributed by atoms with van der Waals surface area (Å²) in [6.45, 7) is 2.97. The van der Waals surface area contributed by atoms with E-state index in [1.165, 1.54) is 66.9 Å². The lowest BCUT2D eigenvalue weighted by Crippen LogP contribution is -2.39. The van der Waals surface area contributed by atoms with Gasteiger partial charge in [0, 0.05) is 44.2 Å². The lowest BCUT2D eigenvalue weighted by atomic mass is 9.91. The first kappa shape index (κ1) is 41.5. The molecule has 0 aliphatic rings. The number of hydrogen-bond acceptors (Lipinski definition) is 5. The van der Waals surface area contributed by atoms with Gasteiger partial charge in [-0.15, -0.1) is 0 Å². The topological polar surface area (TPSA) is 108 Å². The quantitative estimate of drug-likeness (QED) is 0.0514. The highest BCUT2D eigenvalue weighted by Gasteiger charge is 2.22. The highest BCUT2D eigenvalue weighted by molar-refractivity contribution is 5.99. The van der Waals surface area contributed by atoms with Crippen molar-refractivity contribution in [1.29, 1.82) is 0 Å². The molecule has 9 nitrogen and oxygen atoms in total. The molecule has 0 fully saturated rings. The van der Waals surface area contributed by atoms with Gasteiger partial charge in [-0.1, -0.05) is 152 Å². The molecule has 1 amide bonds. The average molecular weight is 726 g/mol. The molecule has 0 aliphatic heterocycles. The lowest BCUT2D eigenvalue weighted by molar-refractivity contribution is 0.0885. The van der Waals surface area contributed by atoms with Gasteiger partial charge in [-0.05, 0) is 37.3 Å². The molecule has 0 saturated carbocycles. The lowest BCUT2D eigenvalue weighted by Gasteiger charge is -2.18. The summed E-state index contributed by atoms with van der Waals surface area (Å²) >= 11 is 0. The molecule has 1 N–H and O–H groups in total. The fraction of sp³-hybridized carbons (Fsp3) is 0.568. The van der Waals surface area contributed by atoms with Gasteiger partial charge >= 0.3 is 5.69 Å². The molecule has 0 bridgehead atoms. The summed E-state index contributed by atoms with van der Waals surface area (Å²) in [5.74, 6) is -0.303. The predicted molar refractivity (Wildman–Crippen MR) is 216 cm³/mol. The van der Waals surface area contributed by atoms with Crippen molar-refractivity contribution in [1.82, 2.24) is 24.0 Å². The number of imidazole rings is 1. The molecule has 9 heteroatoms. The van der Waals surface area contributed by atoms with E-state index in [-0.39, 0.29) is 28.9 Å². The minimum Gasteiger partial charge on any atom is -0.351 e. The summed E-state index contributed by atoms with van der Waals surface area (Å²) in [6.07, 6.45) is 22.7. The van der Waals surface area contributed by atoms with Crippen molar-refractivity contribution >= 4 is 22.9 Å². The van der Waals surface area contributed by atoms with Crippen LogP contribution < -0.4 is 16.6 Å². The van der Waals surface area contributed by atoms with E-state index in [2.05, 4.69) is 23.3 Å². The van der Waals surface area contributed by atoms with Gasteiger partial charge in [0.1, 0.15) is 0 Å². The van der Waals surface area contributed by atoms with Crippen molar-refractivity contribution in [2.24, 2.45) is 20.0 Å². The summed E-state index contributed by atoms with van der Waals surface area (Å²) in [5.41, 5.74) is 2.73.